The average Bonchev–Trinajstić information content (AvgIpc) is 2.93. The standard InChI is InChI=1S/C17H21N3S/c1-17(2,3)15-12-21-16(20-15)8-9-19-11-14-6-4-13(10-18)5-7-14/h4-7,12,19H,8-9,11H2,1-3H3. The van der Waals surface area contributed by atoms with Gasteiger partial charge < -0.3 is 5.32 Å². The zero-order valence-electron chi connectivity index (χ0n) is 12.8. The van der Waals surface area contributed by atoms with Gasteiger partial charge >= 0.3 is 0 Å². The summed E-state index contributed by atoms with van der Waals surface area (Å²) in [7, 11) is 0. The Morgan fingerprint density at radius 3 is 2.52 bits per heavy atom. The van der Waals surface area contributed by atoms with Gasteiger partial charge in [0.15, 0.2) is 0 Å². The van der Waals surface area contributed by atoms with Gasteiger partial charge in [-0.15, -0.1) is 11.3 Å². The van der Waals surface area contributed by atoms with Crippen LogP contribution in [0.25, 0.3) is 0 Å². The molecule has 0 amide bonds. The second-order valence-electron chi connectivity index (χ2n) is 6.11. The number of rotatable bonds is 5. The van der Waals surface area contributed by atoms with Gasteiger partial charge in [0, 0.05) is 30.3 Å². The minimum atomic E-state index is 0.130. The summed E-state index contributed by atoms with van der Waals surface area (Å²) < 4.78 is 0. The molecule has 1 aromatic carbocycles. The van der Waals surface area contributed by atoms with E-state index in [2.05, 4.69) is 37.5 Å². The number of nitriles is 1. The predicted octanol–water partition coefficient (Wildman–Crippen LogP) is 3.64. The zero-order chi connectivity index (χ0) is 15.3. The van der Waals surface area contributed by atoms with Gasteiger partial charge in [-0.3, -0.25) is 0 Å². The summed E-state index contributed by atoms with van der Waals surface area (Å²) in [6.45, 7) is 8.30. The lowest BCUT2D eigenvalue weighted by Crippen LogP contribution is -2.17. The molecule has 2 rings (SSSR count). The molecular formula is C17H21N3S. The fourth-order valence-electron chi connectivity index (χ4n) is 1.90. The highest BCUT2D eigenvalue weighted by atomic mass is 32.1. The first kappa shape index (κ1) is 15.7. The number of aromatic nitrogens is 1. The highest BCUT2D eigenvalue weighted by Gasteiger charge is 2.16. The topological polar surface area (TPSA) is 48.7 Å². The third-order valence-corrected chi connectivity index (χ3v) is 4.16. The van der Waals surface area contributed by atoms with Gasteiger partial charge in [-0.1, -0.05) is 32.9 Å². The van der Waals surface area contributed by atoms with Gasteiger partial charge in [-0.2, -0.15) is 5.26 Å². The maximum absolute atomic E-state index is 8.76. The van der Waals surface area contributed by atoms with E-state index in [0.29, 0.717) is 5.56 Å². The summed E-state index contributed by atoms with van der Waals surface area (Å²) in [5.41, 5.74) is 3.21. The third kappa shape index (κ3) is 4.66. The van der Waals surface area contributed by atoms with Gasteiger partial charge in [0.25, 0.3) is 0 Å². The van der Waals surface area contributed by atoms with Crippen LogP contribution in [0.5, 0.6) is 0 Å². The van der Waals surface area contributed by atoms with Gasteiger partial charge in [0.05, 0.1) is 22.3 Å². The molecule has 0 bridgehead atoms. The Hall–Kier alpha value is -1.70. The number of hydrogen-bond acceptors (Lipinski definition) is 4. The van der Waals surface area contributed by atoms with Crippen LogP contribution in [0.15, 0.2) is 29.6 Å². The van der Waals surface area contributed by atoms with Crippen molar-refractivity contribution in [1.29, 1.82) is 5.26 Å². The third-order valence-electron chi connectivity index (χ3n) is 3.25. The van der Waals surface area contributed by atoms with Crippen LogP contribution in [0.1, 0.15) is 42.6 Å². The molecule has 1 heterocycles. The van der Waals surface area contributed by atoms with Crippen LogP contribution < -0.4 is 5.32 Å². The molecule has 110 valence electrons. The predicted molar refractivity (Wildman–Crippen MR) is 87.4 cm³/mol. The lowest BCUT2D eigenvalue weighted by molar-refractivity contribution is 0.569. The molecule has 0 aliphatic rings. The molecule has 21 heavy (non-hydrogen) atoms. The van der Waals surface area contributed by atoms with E-state index in [0.717, 1.165) is 19.5 Å². The Morgan fingerprint density at radius 1 is 1.24 bits per heavy atom. The first-order chi connectivity index (χ1) is 9.99. The van der Waals surface area contributed by atoms with Crippen molar-refractivity contribution in [1.82, 2.24) is 10.3 Å². The molecule has 0 atom stereocenters. The van der Waals surface area contributed by atoms with Crippen molar-refractivity contribution in [3.8, 4) is 6.07 Å². The van der Waals surface area contributed by atoms with Crippen LogP contribution in [-0.4, -0.2) is 11.5 Å². The Bertz CT molecular complexity index is 615. The Morgan fingerprint density at radius 2 is 1.95 bits per heavy atom. The molecule has 0 aliphatic carbocycles. The minimum Gasteiger partial charge on any atom is -0.312 e. The van der Waals surface area contributed by atoms with Gasteiger partial charge in [0.1, 0.15) is 0 Å². The molecule has 0 spiro atoms. The molecule has 4 heteroatoms. The first-order valence-electron chi connectivity index (χ1n) is 7.13. The first-order valence-corrected chi connectivity index (χ1v) is 8.01. The highest BCUT2D eigenvalue weighted by Crippen LogP contribution is 2.23. The van der Waals surface area contributed by atoms with E-state index in [1.807, 2.05) is 24.3 Å². The zero-order valence-corrected chi connectivity index (χ0v) is 13.6. The number of nitrogens with one attached hydrogen (secondary N) is 1. The van der Waals surface area contributed by atoms with E-state index in [9.17, 15) is 0 Å². The van der Waals surface area contributed by atoms with Gasteiger partial charge in [-0.05, 0) is 17.7 Å². The minimum absolute atomic E-state index is 0.130. The van der Waals surface area contributed by atoms with E-state index in [-0.39, 0.29) is 5.41 Å². The van der Waals surface area contributed by atoms with Crippen molar-refractivity contribution in [2.24, 2.45) is 0 Å². The molecular weight excluding hydrogens is 278 g/mol. The van der Waals surface area contributed by atoms with Crippen molar-refractivity contribution in [3.05, 3.63) is 51.5 Å². The van der Waals surface area contributed by atoms with Crippen molar-refractivity contribution >= 4 is 11.3 Å². The largest absolute Gasteiger partial charge is 0.312 e. The summed E-state index contributed by atoms with van der Waals surface area (Å²) in [6.07, 6.45) is 0.955. The van der Waals surface area contributed by atoms with Crippen molar-refractivity contribution in [3.63, 3.8) is 0 Å². The highest BCUT2D eigenvalue weighted by molar-refractivity contribution is 7.09. The van der Waals surface area contributed by atoms with Crippen LogP contribution in [0.2, 0.25) is 0 Å². The number of thiazole rings is 1. The van der Waals surface area contributed by atoms with Crippen molar-refractivity contribution in [2.45, 2.75) is 39.2 Å². The molecule has 0 unspecified atom stereocenters. The summed E-state index contributed by atoms with van der Waals surface area (Å²) in [4.78, 5) is 4.69. The molecule has 0 saturated heterocycles. The molecule has 0 radical (unpaired) electrons. The summed E-state index contributed by atoms with van der Waals surface area (Å²) >= 11 is 1.74. The normalized spacial score (nSPS) is 11.3. The monoisotopic (exact) mass is 299 g/mol. The number of hydrogen-bond donors (Lipinski definition) is 1. The lowest BCUT2D eigenvalue weighted by atomic mass is 9.93. The quantitative estimate of drug-likeness (QED) is 0.857. The lowest BCUT2D eigenvalue weighted by Gasteiger charge is -2.14. The van der Waals surface area contributed by atoms with Crippen LogP contribution in [-0.2, 0) is 18.4 Å². The van der Waals surface area contributed by atoms with Crippen LogP contribution in [0.4, 0.5) is 0 Å². The van der Waals surface area contributed by atoms with Crippen molar-refractivity contribution in [2.75, 3.05) is 6.54 Å². The maximum atomic E-state index is 8.76. The van der Waals surface area contributed by atoms with E-state index in [1.54, 1.807) is 11.3 Å². The smallest absolute Gasteiger partial charge is 0.0991 e. The van der Waals surface area contributed by atoms with E-state index in [4.69, 9.17) is 10.2 Å². The summed E-state index contributed by atoms with van der Waals surface area (Å²) in [5, 5.41) is 15.5. The van der Waals surface area contributed by atoms with E-state index in [1.165, 1.54) is 16.3 Å². The van der Waals surface area contributed by atoms with Gasteiger partial charge in [0.2, 0.25) is 0 Å². The molecule has 0 saturated carbocycles. The Labute approximate surface area is 130 Å². The Kier molecular flexibility index (Phi) is 5.11. The molecule has 1 aromatic heterocycles. The second kappa shape index (κ2) is 6.84. The molecule has 1 N–H and O–H groups in total. The molecule has 2 aromatic rings. The summed E-state index contributed by atoms with van der Waals surface area (Å²) in [6, 6.07) is 9.82. The average molecular weight is 299 g/mol. The molecule has 0 fully saturated rings. The van der Waals surface area contributed by atoms with E-state index >= 15 is 0 Å². The SMILES string of the molecule is CC(C)(C)c1csc(CCNCc2ccc(C#N)cc2)n1. The van der Waals surface area contributed by atoms with Crippen LogP contribution in [0.3, 0.4) is 0 Å². The van der Waals surface area contributed by atoms with Gasteiger partial charge in [-0.25, -0.2) is 4.98 Å². The van der Waals surface area contributed by atoms with Crippen molar-refractivity contribution < 1.29 is 0 Å². The fraction of sp³-hybridized carbons (Fsp3) is 0.412. The molecule has 0 aliphatic heterocycles. The molecule has 3 nitrogen and oxygen atoms in total. The maximum Gasteiger partial charge on any atom is 0.0991 e. The second-order valence-corrected chi connectivity index (χ2v) is 7.05. The Balaban J connectivity index is 1.77. The summed E-state index contributed by atoms with van der Waals surface area (Å²) in [5.74, 6) is 0. The van der Waals surface area contributed by atoms with E-state index < -0.39 is 0 Å². The van der Waals surface area contributed by atoms with Crippen LogP contribution >= 0.6 is 11.3 Å². The number of benzene rings is 1. The number of nitrogens with zero attached hydrogens (tertiary/aromatic N) is 2. The van der Waals surface area contributed by atoms with Crippen LogP contribution in [0, 0.1) is 11.3 Å². The fourth-order valence-corrected chi connectivity index (χ4v) is 2.92.